The lowest BCUT2D eigenvalue weighted by molar-refractivity contribution is 0.325. The summed E-state index contributed by atoms with van der Waals surface area (Å²) in [6, 6.07) is 16.5. The maximum absolute atomic E-state index is 5.88. The number of aromatic nitrogens is 3. The Morgan fingerprint density at radius 1 is 1.23 bits per heavy atom. The number of hydrogen-bond donors (Lipinski definition) is 2. The molecule has 26 heavy (non-hydrogen) atoms. The van der Waals surface area contributed by atoms with Crippen LogP contribution < -0.4 is 15.8 Å². The molecule has 7 heteroatoms. The van der Waals surface area contributed by atoms with Gasteiger partial charge in [0.05, 0.1) is 18.7 Å². The van der Waals surface area contributed by atoms with Crippen molar-refractivity contribution in [3.63, 3.8) is 0 Å². The summed E-state index contributed by atoms with van der Waals surface area (Å²) in [5.74, 6) is 1.82. The Labute approximate surface area is 160 Å². The average Bonchev–Trinajstić information content (AvgIpc) is 3.02. The topological polar surface area (TPSA) is 78.0 Å². The maximum Gasteiger partial charge on any atom is 0.241 e. The number of rotatable bonds is 4. The first kappa shape index (κ1) is 16.9. The minimum Gasteiger partial charge on any atom is -0.494 e. The predicted octanol–water partition coefficient (Wildman–Crippen LogP) is 4.17. The van der Waals surface area contributed by atoms with Gasteiger partial charge in [0.2, 0.25) is 11.9 Å². The third-order valence-electron chi connectivity index (χ3n) is 4.56. The van der Waals surface area contributed by atoms with Crippen molar-refractivity contribution in [2.45, 2.75) is 25.4 Å². The second kappa shape index (κ2) is 6.99. The Balaban J connectivity index is 1.77. The molecule has 1 aromatic heterocycles. The van der Waals surface area contributed by atoms with Crippen molar-refractivity contribution in [1.29, 1.82) is 0 Å². The van der Waals surface area contributed by atoms with Gasteiger partial charge in [-0.05, 0) is 37.1 Å². The molecule has 0 bridgehead atoms. The zero-order valence-corrected chi connectivity index (χ0v) is 16.0. The van der Waals surface area contributed by atoms with Crippen molar-refractivity contribution < 1.29 is 4.74 Å². The molecule has 6 nitrogen and oxygen atoms in total. The minimum absolute atomic E-state index is 0.00699. The number of ether oxygens (including phenoxy) is 1. The lowest BCUT2D eigenvalue weighted by Gasteiger charge is -2.32. The molecule has 0 saturated carbocycles. The van der Waals surface area contributed by atoms with E-state index in [1.807, 2.05) is 41.9 Å². The predicted molar refractivity (Wildman–Crippen MR) is 105 cm³/mol. The molecule has 2 atom stereocenters. The molecule has 0 radical (unpaired) electrons. The van der Waals surface area contributed by atoms with Gasteiger partial charge in [0.25, 0.3) is 0 Å². The highest BCUT2D eigenvalue weighted by atomic mass is 79.9. The molecule has 1 aliphatic rings. The van der Waals surface area contributed by atoms with Gasteiger partial charge in [-0.25, -0.2) is 4.68 Å². The molecular weight excluding hydrogens is 394 g/mol. The molecule has 0 fully saturated rings. The van der Waals surface area contributed by atoms with Crippen LogP contribution in [-0.4, -0.2) is 21.4 Å². The van der Waals surface area contributed by atoms with E-state index in [1.54, 1.807) is 0 Å². The molecule has 3 N–H and O–H groups in total. The quantitative estimate of drug-likeness (QED) is 0.670. The van der Waals surface area contributed by atoms with Crippen LogP contribution in [0.15, 0.2) is 53.0 Å². The first-order chi connectivity index (χ1) is 12.7. The Morgan fingerprint density at radius 3 is 2.77 bits per heavy atom. The molecule has 3 aromatic rings. The second-order valence-electron chi connectivity index (χ2n) is 6.21. The highest BCUT2D eigenvalue weighted by molar-refractivity contribution is 9.10. The lowest BCUT2D eigenvalue weighted by Crippen LogP contribution is -2.28. The van der Waals surface area contributed by atoms with Gasteiger partial charge in [-0.1, -0.05) is 46.3 Å². The van der Waals surface area contributed by atoms with Crippen LogP contribution in [0.4, 0.5) is 11.9 Å². The number of nitrogen functional groups attached to an aromatic ring is 1. The van der Waals surface area contributed by atoms with Crippen LogP contribution in [0.2, 0.25) is 0 Å². The van der Waals surface area contributed by atoms with E-state index in [9.17, 15) is 0 Å². The molecule has 0 aliphatic carbocycles. The molecule has 2 heterocycles. The van der Waals surface area contributed by atoms with Crippen molar-refractivity contribution in [2.24, 2.45) is 0 Å². The van der Waals surface area contributed by atoms with Gasteiger partial charge < -0.3 is 15.8 Å². The summed E-state index contributed by atoms with van der Waals surface area (Å²) in [6.07, 6.45) is 0.821. The van der Waals surface area contributed by atoms with Crippen LogP contribution in [0.25, 0.3) is 0 Å². The van der Waals surface area contributed by atoms with Crippen molar-refractivity contribution in [1.82, 2.24) is 14.8 Å². The van der Waals surface area contributed by atoms with Crippen LogP contribution in [0.5, 0.6) is 5.75 Å². The summed E-state index contributed by atoms with van der Waals surface area (Å²) in [4.78, 5) is 4.36. The minimum atomic E-state index is -0.00699. The number of nitrogens with zero attached hydrogens (tertiary/aromatic N) is 3. The van der Waals surface area contributed by atoms with Gasteiger partial charge in [-0.3, -0.25) is 0 Å². The van der Waals surface area contributed by atoms with E-state index in [4.69, 9.17) is 10.5 Å². The van der Waals surface area contributed by atoms with Crippen LogP contribution >= 0.6 is 15.9 Å². The van der Waals surface area contributed by atoms with Crippen molar-refractivity contribution in [3.05, 3.63) is 64.1 Å². The summed E-state index contributed by atoms with van der Waals surface area (Å²) >= 11 is 3.49. The zero-order chi connectivity index (χ0) is 18.1. The number of hydrogen-bond acceptors (Lipinski definition) is 5. The summed E-state index contributed by atoms with van der Waals surface area (Å²) in [7, 11) is 0. The highest BCUT2D eigenvalue weighted by Gasteiger charge is 2.32. The van der Waals surface area contributed by atoms with Crippen molar-refractivity contribution >= 4 is 27.8 Å². The lowest BCUT2D eigenvalue weighted by atomic mass is 9.93. The standard InChI is InChI=1S/C19H20BrN5O/c1-2-26-17-6-4-3-5-14(17)16-11-15(12-7-9-13(20)10-8-12)22-19-23-18(21)24-25(16)19/h3-10,15-16H,2,11H2,1H3,(H3,21,22,23,24)/t15-,16+/m1/s1. The zero-order valence-electron chi connectivity index (χ0n) is 14.4. The van der Waals surface area contributed by atoms with Gasteiger partial charge in [0.1, 0.15) is 5.75 Å². The normalized spacial score (nSPS) is 18.8. The number of fused-ring (bicyclic) bond motifs is 1. The SMILES string of the molecule is CCOc1ccccc1[C@@H]1C[C@H](c2ccc(Br)cc2)Nc2nc(N)nn21. The van der Waals surface area contributed by atoms with Gasteiger partial charge in [0.15, 0.2) is 0 Å². The molecule has 0 unspecified atom stereocenters. The van der Waals surface area contributed by atoms with E-state index in [-0.39, 0.29) is 18.0 Å². The van der Waals surface area contributed by atoms with Gasteiger partial charge >= 0.3 is 0 Å². The van der Waals surface area contributed by atoms with Crippen LogP contribution in [0.3, 0.4) is 0 Å². The fourth-order valence-corrected chi connectivity index (χ4v) is 3.67. The molecule has 0 spiro atoms. The first-order valence-corrected chi connectivity index (χ1v) is 9.40. The summed E-state index contributed by atoms with van der Waals surface area (Å²) < 4.78 is 8.77. The Morgan fingerprint density at radius 2 is 2.00 bits per heavy atom. The largest absolute Gasteiger partial charge is 0.494 e. The molecule has 0 saturated heterocycles. The van der Waals surface area contributed by atoms with E-state index in [0.29, 0.717) is 12.6 Å². The number of para-hydroxylation sites is 1. The molecule has 1 aliphatic heterocycles. The number of nitrogens with one attached hydrogen (secondary N) is 1. The third kappa shape index (κ3) is 3.14. The molecule has 2 aromatic carbocycles. The van der Waals surface area contributed by atoms with Crippen molar-refractivity contribution in [3.8, 4) is 5.75 Å². The van der Waals surface area contributed by atoms with E-state index < -0.39 is 0 Å². The number of halogens is 1. The first-order valence-electron chi connectivity index (χ1n) is 8.61. The van der Waals surface area contributed by atoms with Gasteiger partial charge in [-0.2, -0.15) is 4.98 Å². The third-order valence-corrected chi connectivity index (χ3v) is 5.08. The van der Waals surface area contributed by atoms with E-state index in [0.717, 1.165) is 22.2 Å². The van der Waals surface area contributed by atoms with E-state index in [2.05, 4.69) is 49.5 Å². The fourth-order valence-electron chi connectivity index (χ4n) is 3.41. The number of anilines is 2. The smallest absolute Gasteiger partial charge is 0.241 e. The summed E-state index contributed by atoms with van der Waals surface area (Å²) in [6.45, 7) is 2.60. The van der Waals surface area contributed by atoms with E-state index in [1.165, 1.54) is 5.56 Å². The molecular formula is C19H20BrN5O. The molecule has 0 amide bonds. The fraction of sp³-hybridized carbons (Fsp3) is 0.263. The Kier molecular flexibility index (Phi) is 4.55. The molecule has 4 rings (SSSR count). The Bertz CT molecular complexity index is 909. The second-order valence-corrected chi connectivity index (χ2v) is 7.12. The van der Waals surface area contributed by atoms with Crippen LogP contribution in [-0.2, 0) is 0 Å². The average molecular weight is 414 g/mol. The highest BCUT2D eigenvalue weighted by Crippen LogP contribution is 2.41. The number of nitrogens with two attached hydrogens (primary N) is 1. The monoisotopic (exact) mass is 413 g/mol. The summed E-state index contributed by atoms with van der Waals surface area (Å²) in [5, 5.41) is 7.87. The Hall–Kier alpha value is -2.54. The summed E-state index contributed by atoms with van der Waals surface area (Å²) in [5.41, 5.74) is 8.16. The molecule has 134 valence electrons. The van der Waals surface area contributed by atoms with Crippen molar-refractivity contribution in [2.75, 3.05) is 17.7 Å². The van der Waals surface area contributed by atoms with Crippen LogP contribution in [0, 0.1) is 0 Å². The van der Waals surface area contributed by atoms with Gasteiger partial charge in [0, 0.05) is 10.0 Å². The van der Waals surface area contributed by atoms with Gasteiger partial charge in [-0.15, -0.1) is 5.10 Å². The number of benzene rings is 2. The van der Waals surface area contributed by atoms with E-state index >= 15 is 0 Å². The van der Waals surface area contributed by atoms with Crippen LogP contribution in [0.1, 0.15) is 36.6 Å². The maximum atomic E-state index is 5.88.